The summed E-state index contributed by atoms with van der Waals surface area (Å²) in [7, 11) is 0. The van der Waals surface area contributed by atoms with Gasteiger partial charge in [-0.15, -0.1) is 0 Å². The average molecular weight is 981 g/mol. The predicted molar refractivity (Wildman–Crippen MR) is 253 cm³/mol. The van der Waals surface area contributed by atoms with Gasteiger partial charge in [0.1, 0.15) is 0 Å². The Morgan fingerprint density at radius 1 is 0.615 bits per heavy atom. The normalized spacial score (nSPS) is 15.9. The molecule has 0 saturated carbocycles. The number of carbonyl (C=O) groups is 4. The Bertz CT molecular complexity index is 2400. The number of benzene rings is 4. The number of hydrogen-bond donors (Lipinski definition) is 2. The number of likely N-dealkylation sites (tertiary alicyclic amines) is 2. The van der Waals surface area contributed by atoms with Crippen molar-refractivity contribution in [1.82, 2.24) is 20.4 Å². The second-order valence-electron chi connectivity index (χ2n) is 15.9. The molecule has 0 atom stereocenters. The first kappa shape index (κ1) is 46.8. The summed E-state index contributed by atoms with van der Waals surface area (Å²) in [5, 5.41) is 6.72. The number of carbonyl (C=O) groups excluding carboxylic acids is 4. The maximum Gasteiger partial charge on any atom is 0.244 e. The van der Waals surface area contributed by atoms with Crippen LogP contribution in [0.1, 0.15) is 60.8 Å². The number of nitrogens with one attached hydrogen (secondary N) is 2. The fourth-order valence-electron chi connectivity index (χ4n) is 8.14. The van der Waals surface area contributed by atoms with E-state index in [9.17, 15) is 19.2 Å². The molecule has 340 valence electrons. The summed E-state index contributed by atoms with van der Waals surface area (Å²) in [6, 6.07) is 15.2. The maximum atomic E-state index is 13.1. The molecule has 4 amide bonds. The first-order valence-electron chi connectivity index (χ1n) is 21.6. The maximum absolute atomic E-state index is 13.1. The molecule has 0 spiro atoms. The zero-order valence-corrected chi connectivity index (χ0v) is 39.2. The van der Waals surface area contributed by atoms with Gasteiger partial charge in [0.15, 0.2) is 11.5 Å². The molecule has 2 fully saturated rings. The van der Waals surface area contributed by atoms with Crippen molar-refractivity contribution in [2.24, 2.45) is 0 Å². The number of halogens is 4. The Kier molecular flexibility index (Phi) is 15.6. The summed E-state index contributed by atoms with van der Waals surface area (Å²) in [6.45, 7) is 4.28. The van der Waals surface area contributed by atoms with Crippen LogP contribution in [0.3, 0.4) is 0 Å². The molecule has 0 aliphatic carbocycles. The first-order chi connectivity index (χ1) is 31.5. The number of nitrogens with zero attached hydrogens (tertiary/aromatic N) is 2. The van der Waals surface area contributed by atoms with E-state index in [0.717, 1.165) is 48.2 Å². The van der Waals surface area contributed by atoms with Gasteiger partial charge >= 0.3 is 0 Å². The topological polar surface area (TPSA) is 136 Å². The van der Waals surface area contributed by atoms with Gasteiger partial charge in [0, 0.05) is 109 Å². The number of rotatable bonds is 16. The van der Waals surface area contributed by atoms with Crippen molar-refractivity contribution in [3.8, 4) is 33.8 Å². The smallest absolute Gasteiger partial charge is 0.244 e. The van der Waals surface area contributed by atoms with Gasteiger partial charge in [0.25, 0.3) is 0 Å². The van der Waals surface area contributed by atoms with Crippen LogP contribution in [0.4, 0.5) is 0 Å². The lowest BCUT2D eigenvalue weighted by Crippen LogP contribution is -2.29. The minimum atomic E-state index is -0.317. The third-order valence-corrected chi connectivity index (χ3v) is 14.6. The molecular formula is C48H46Cl4N4O8S. The van der Waals surface area contributed by atoms with E-state index in [1.54, 1.807) is 12.2 Å². The van der Waals surface area contributed by atoms with Crippen LogP contribution in [0.5, 0.6) is 11.5 Å². The summed E-state index contributed by atoms with van der Waals surface area (Å²) >= 11 is 29.8. The Labute approximate surface area is 401 Å². The van der Waals surface area contributed by atoms with Crippen molar-refractivity contribution in [1.29, 1.82) is 0 Å². The highest BCUT2D eigenvalue weighted by molar-refractivity contribution is 7.99. The van der Waals surface area contributed by atoms with Crippen molar-refractivity contribution in [2.75, 3.05) is 52.5 Å². The van der Waals surface area contributed by atoms with Crippen molar-refractivity contribution >= 4 is 93.9 Å². The number of fused-ring (bicyclic) bond motifs is 2. The largest absolute Gasteiger partial charge is 0.352 e. The zero-order valence-electron chi connectivity index (χ0n) is 35.3. The second-order valence-corrected chi connectivity index (χ2v) is 18.5. The molecule has 0 radical (unpaired) electrons. The molecular weight excluding hydrogens is 934 g/mol. The predicted octanol–water partition coefficient (Wildman–Crippen LogP) is 9.80. The van der Waals surface area contributed by atoms with Crippen molar-refractivity contribution in [3.63, 3.8) is 0 Å². The van der Waals surface area contributed by atoms with E-state index < -0.39 is 0 Å². The molecule has 4 aromatic carbocycles. The third kappa shape index (κ3) is 11.3. The van der Waals surface area contributed by atoms with Crippen LogP contribution in [-0.4, -0.2) is 85.9 Å². The van der Waals surface area contributed by atoms with Crippen molar-refractivity contribution in [3.05, 3.63) is 103 Å². The van der Waals surface area contributed by atoms with Gasteiger partial charge in [-0.05, 0) is 96.5 Å². The first-order valence-corrected chi connectivity index (χ1v) is 23.9. The fourth-order valence-corrected chi connectivity index (χ4v) is 10.3. The molecule has 8 rings (SSSR count). The highest BCUT2D eigenvalue weighted by Gasteiger charge is 2.24. The Morgan fingerprint density at radius 2 is 1.06 bits per heavy atom. The lowest BCUT2D eigenvalue weighted by atomic mass is 9.96. The number of amides is 4. The monoisotopic (exact) mass is 978 g/mol. The Morgan fingerprint density at radius 3 is 1.48 bits per heavy atom. The second kappa shape index (κ2) is 21.7. The highest BCUT2D eigenvalue weighted by atomic mass is 35.5. The minimum Gasteiger partial charge on any atom is -0.352 e. The van der Waals surface area contributed by atoms with E-state index >= 15 is 0 Å². The summed E-state index contributed by atoms with van der Waals surface area (Å²) in [5.41, 5.74) is 5.94. The van der Waals surface area contributed by atoms with Gasteiger partial charge in [0.2, 0.25) is 23.6 Å². The minimum absolute atomic E-state index is 0.149. The van der Waals surface area contributed by atoms with Crippen LogP contribution in [0.25, 0.3) is 34.4 Å². The van der Waals surface area contributed by atoms with Crippen molar-refractivity contribution in [2.45, 2.75) is 61.2 Å². The van der Waals surface area contributed by atoms with Crippen LogP contribution in [0.2, 0.25) is 20.1 Å². The van der Waals surface area contributed by atoms with Gasteiger partial charge in [-0.1, -0.05) is 70.3 Å². The van der Waals surface area contributed by atoms with E-state index in [1.807, 2.05) is 58.3 Å². The standard InChI is InChI=1S/C48H46Cl4N4O8S/c49-45-33(9-13-41(57)53-17-3-21-55-19-1-5-43(55)59)35(29-7-11-37-31(25-29)15-23-61-63-37)27-39(47(45)51)65-40-28-36(30-8-12-38-32(26-30)16-24-62-64-38)34(46(50)48(40)52)10-14-42(58)54-18-4-22-56-20-2-6-44(56)60/h7-14,25-28H,1-6,15-24H2,(H,53,57)(H,54,58)/b13-9+,14-10+. The summed E-state index contributed by atoms with van der Waals surface area (Å²) in [5.74, 6) is 0.884. The Hall–Kier alpha value is -4.73. The molecule has 4 aromatic rings. The van der Waals surface area contributed by atoms with E-state index in [1.165, 1.54) is 23.9 Å². The van der Waals surface area contributed by atoms with Gasteiger partial charge in [-0.2, -0.15) is 9.78 Å². The van der Waals surface area contributed by atoms with E-state index in [4.69, 9.17) is 66.0 Å². The fraction of sp³-hybridized carbons (Fsp3) is 0.333. The van der Waals surface area contributed by atoms with Gasteiger partial charge < -0.3 is 30.2 Å². The molecule has 2 saturated heterocycles. The zero-order chi connectivity index (χ0) is 45.5. The van der Waals surface area contributed by atoms with Crippen LogP contribution in [0.15, 0.2) is 70.5 Å². The molecule has 0 unspecified atom stereocenters. The molecule has 4 heterocycles. The third-order valence-electron chi connectivity index (χ3n) is 11.5. The lowest BCUT2D eigenvalue weighted by Gasteiger charge is -2.20. The molecule has 2 N–H and O–H groups in total. The van der Waals surface area contributed by atoms with Gasteiger partial charge in [-0.25, -0.2) is 0 Å². The molecule has 4 aliphatic heterocycles. The summed E-state index contributed by atoms with van der Waals surface area (Å²) in [4.78, 5) is 76.2. The average Bonchev–Trinajstić information content (AvgIpc) is 3.94. The molecule has 65 heavy (non-hydrogen) atoms. The SMILES string of the molecule is O=C(/C=C/c1c(-c2ccc3c(c2)CCOO3)cc(Sc2cc(-c3ccc4c(c3)CCOO4)c(/C=C/C(=O)NCCCN3CCCC3=O)c(Cl)c2Cl)c(Cl)c1Cl)NCCCN1CCCC1=O. The molecule has 0 aromatic heterocycles. The summed E-state index contributed by atoms with van der Waals surface area (Å²) < 4.78 is 0. The van der Waals surface area contributed by atoms with Gasteiger partial charge in [0.05, 0.1) is 33.3 Å². The lowest BCUT2D eigenvalue weighted by molar-refractivity contribution is -0.215. The molecule has 4 aliphatic rings. The van der Waals surface area contributed by atoms with Crippen LogP contribution in [-0.2, 0) is 41.8 Å². The molecule has 12 nitrogen and oxygen atoms in total. The van der Waals surface area contributed by atoms with Crippen LogP contribution in [0, 0.1) is 0 Å². The summed E-state index contributed by atoms with van der Waals surface area (Å²) in [6.07, 6.45) is 11.5. The van der Waals surface area contributed by atoms with Crippen LogP contribution >= 0.6 is 58.2 Å². The highest BCUT2D eigenvalue weighted by Crippen LogP contribution is 2.49. The van der Waals surface area contributed by atoms with E-state index in [2.05, 4.69) is 10.6 Å². The number of hydrogen-bond acceptors (Lipinski definition) is 9. The Balaban J connectivity index is 1.10. The van der Waals surface area contributed by atoms with Crippen LogP contribution < -0.4 is 20.4 Å². The van der Waals surface area contributed by atoms with Gasteiger partial charge in [-0.3, -0.25) is 19.2 Å². The molecule has 0 bridgehead atoms. The molecule has 17 heteroatoms. The quantitative estimate of drug-likeness (QED) is 0.0639. The van der Waals surface area contributed by atoms with E-state index in [0.29, 0.717) is 121 Å². The van der Waals surface area contributed by atoms with Crippen molar-refractivity contribution < 1.29 is 38.7 Å². The van der Waals surface area contributed by atoms with E-state index in [-0.39, 0.29) is 43.7 Å².